The van der Waals surface area contributed by atoms with E-state index in [2.05, 4.69) is 36.0 Å². The molecule has 1 aliphatic heterocycles. The Hall–Kier alpha value is -3.21. The van der Waals surface area contributed by atoms with E-state index < -0.39 is 17.7 Å². The molecule has 4 aromatic rings. The molecule has 1 atom stereocenters. The third-order valence-electron chi connectivity index (χ3n) is 5.82. The van der Waals surface area contributed by atoms with E-state index in [0.29, 0.717) is 52.8 Å². The van der Waals surface area contributed by atoms with Crippen LogP contribution in [0, 0.1) is 6.92 Å². The van der Waals surface area contributed by atoms with Crippen molar-refractivity contribution < 1.29 is 17.9 Å². The third kappa shape index (κ3) is 4.08. The summed E-state index contributed by atoms with van der Waals surface area (Å²) in [6.07, 6.45) is 0.305. The molecule has 0 aliphatic carbocycles. The van der Waals surface area contributed by atoms with Crippen LogP contribution in [0.1, 0.15) is 41.4 Å². The second kappa shape index (κ2) is 8.53. The Kier molecular flexibility index (Phi) is 5.67. The number of rotatable bonds is 4. The van der Waals surface area contributed by atoms with Crippen LogP contribution >= 0.6 is 15.9 Å². The van der Waals surface area contributed by atoms with Crippen LogP contribution in [-0.4, -0.2) is 36.4 Å². The molecule has 0 unspecified atom stereocenters. The Morgan fingerprint density at radius 3 is 2.68 bits per heavy atom. The normalized spacial score (nSPS) is 15.9. The highest BCUT2D eigenvalue weighted by Crippen LogP contribution is 2.42. The molecule has 7 nitrogen and oxygen atoms in total. The zero-order valence-electron chi connectivity index (χ0n) is 18.3. The number of nitrogens with zero attached hydrogens (tertiary/aromatic N) is 6. The molecule has 3 aromatic heterocycles. The minimum absolute atomic E-state index is 0.201. The Morgan fingerprint density at radius 1 is 1.15 bits per heavy atom. The number of alkyl halides is 3. The standard InChI is InChI=1S/C23H20BrF3N6O/c1-13-11-32(12-28-13)19-8-7-18(29-22(19)34-2)20-30-21-16(4-3-9-33(21)31-20)15-6-5-14(24)10-17(15)23(25,26)27/h5-8,10-12,16H,3-4,9H2,1-2H3/t16-/m1/s1. The van der Waals surface area contributed by atoms with E-state index in [9.17, 15) is 13.2 Å². The lowest BCUT2D eigenvalue weighted by Gasteiger charge is -2.25. The predicted octanol–water partition coefficient (Wildman–Crippen LogP) is 5.55. The van der Waals surface area contributed by atoms with Gasteiger partial charge in [-0.25, -0.2) is 19.6 Å². The highest BCUT2D eigenvalue weighted by molar-refractivity contribution is 9.10. The smallest absolute Gasteiger partial charge is 0.416 e. The van der Waals surface area contributed by atoms with Gasteiger partial charge in [0.2, 0.25) is 5.88 Å². The Labute approximate surface area is 201 Å². The maximum absolute atomic E-state index is 13.8. The van der Waals surface area contributed by atoms with Crippen molar-refractivity contribution in [1.82, 2.24) is 29.3 Å². The van der Waals surface area contributed by atoms with E-state index in [1.807, 2.05) is 19.2 Å². The van der Waals surface area contributed by atoms with E-state index in [1.165, 1.54) is 13.2 Å². The number of methoxy groups -OCH3 is 1. The number of halogens is 4. The molecule has 1 aliphatic rings. The topological polar surface area (TPSA) is 70.7 Å². The van der Waals surface area contributed by atoms with Crippen molar-refractivity contribution in [2.45, 2.75) is 38.4 Å². The van der Waals surface area contributed by atoms with Crippen LogP contribution < -0.4 is 4.74 Å². The largest absolute Gasteiger partial charge is 0.479 e. The van der Waals surface area contributed by atoms with Crippen molar-refractivity contribution in [2.24, 2.45) is 0 Å². The molecule has 0 saturated carbocycles. The molecule has 34 heavy (non-hydrogen) atoms. The van der Waals surface area contributed by atoms with Crippen molar-refractivity contribution in [3.8, 4) is 23.1 Å². The predicted molar refractivity (Wildman–Crippen MR) is 122 cm³/mol. The van der Waals surface area contributed by atoms with E-state index in [-0.39, 0.29) is 5.56 Å². The zero-order chi connectivity index (χ0) is 24.0. The molecule has 4 heterocycles. The van der Waals surface area contributed by atoms with Gasteiger partial charge in [0, 0.05) is 23.1 Å². The van der Waals surface area contributed by atoms with Crippen LogP contribution in [0.2, 0.25) is 0 Å². The monoisotopic (exact) mass is 532 g/mol. The average molecular weight is 533 g/mol. The molecule has 0 saturated heterocycles. The van der Waals surface area contributed by atoms with Gasteiger partial charge in [0.05, 0.1) is 24.7 Å². The van der Waals surface area contributed by atoms with Gasteiger partial charge < -0.3 is 9.30 Å². The lowest BCUT2D eigenvalue weighted by molar-refractivity contribution is -0.138. The molecule has 0 fully saturated rings. The second-order valence-electron chi connectivity index (χ2n) is 8.09. The van der Waals surface area contributed by atoms with Crippen LogP contribution in [0.4, 0.5) is 13.2 Å². The fraction of sp³-hybridized carbons (Fsp3) is 0.304. The molecule has 176 valence electrons. The van der Waals surface area contributed by atoms with E-state index >= 15 is 0 Å². The first-order valence-corrected chi connectivity index (χ1v) is 11.4. The average Bonchev–Trinajstić information content (AvgIpc) is 3.44. The zero-order valence-corrected chi connectivity index (χ0v) is 19.9. The first-order valence-electron chi connectivity index (χ1n) is 10.6. The first-order chi connectivity index (χ1) is 16.2. The number of aromatic nitrogens is 6. The number of aryl methyl sites for hydroxylation is 2. The fourth-order valence-corrected chi connectivity index (χ4v) is 4.65. The third-order valence-corrected chi connectivity index (χ3v) is 6.32. The lowest BCUT2D eigenvalue weighted by atomic mass is 9.87. The molecule has 0 spiro atoms. The van der Waals surface area contributed by atoms with Crippen molar-refractivity contribution in [3.05, 3.63) is 70.0 Å². The summed E-state index contributed by atoms with van der Waals surface area (Å²) in [4.78, 5) is 13.4. The summed E-state index contributed by atoms with van der Waals surface area (Å²) in [5, 5.41) is 4.57. The molecule has 0 N–H and O–H groups in total. The summed E-state index contributed by atoms with van der Waals surface area (Å²) in [7, 11) is 1.52. The Balaban J connectivity index is 1.55. The van der Waals surface area contributed by atoms with E-state index in [0.717, 1.165) is 11.8 Å². The molecule has 1 aromatic carbocycles. The highest BCUT2D eigenvalue weighted by Gasteiger charge is 2.38. The SMILES string of the molecule is COc1nc(-c2nc3n(n2)CCC[C@@H]3c2ccc(Br)cc2C(F)(F)F)ccc1-n1cnc(C)c1. The summed E-state index contributed by atoms with van der Waals surface area (Å²) in [5.74, 6) is 0.699. The molecule has 11 heteroatoms. The summed E-state index contributed by atoms with van der Waals surface area (Å²) < 4.78 is 50.7. The van der Waals surface area contributed by atoms with Gasteiger partial charge in [-0.3, -0.25) is 0 Å². The minimum atomic E-state index is -4.47. The van der Waals surface area contributed by atoms with Gasteiger partial charge in [-0.1, -0.05) is 22.0 Å². The fourth-order valence-electron chi connectivity index (χ4n) is 4.29. The number of pyridine rings is 1. The molecule has 0 amide bonds. The van der Waals surface area contributed by atoms with E-state index in [1.54, 1.807) is 27.7 Å². The van der Waals surface area contributed by atoms with Crippen molar-refractivity contribution in [3.63, 3.8) is 0 Å². The van der Waals surface area contributed by atoms with Gasteiger partial charge >= 0.3 is 6.18 Å². The maximum atomic E-state index is 13.8. The van der Waals surface area contributed by atoms with Gasteiger partial charge in [-0.2, -0.15) is 13.2 Å². The van der Waals surface area contributed by atoms with Crippen LogP contribution in [0.15, 0.2) is 47.3 Å². The molecule has 0 bridgehead atoms. The number of hydrogen-bond donors (Lipinski definition) is 0. The minimum Gasteiger partial charge on any atom is -0.479 e. The quantitative estimate of drug-likeness (QED) is 0.344. The first kappa shape index (κ1) is 22.6. The van der Waals surface area contributed by atoms with Crippen LogP contribution in [0.5, 0.6) is 5.88 Å². The molecular formula is C23H20BrF3N6O. The van der Waals surface area contributed by atoms with Gasteiger partial charge in [-0.05, 0) is 49.6 Å². The van der Waals surface area contributed by atoms with Crippen LogP contribution in [0.25, 0.3) is 17.2 Å². The number of ether oxygens (including phenoxy) is 1. The van der Waals surface area contributed by atoms with Crippen molar-refractivity contribution in [2.75, 3.05) is 7.11 Å². The lowest BCUT2D eigenvalue weighted by Crippen LogP contribution is -2.21. The van der Waals surface area contributed by atoms with Crippen molar-refractivity contribution in [1.29, 1.82) is 0 Å². The Morgan fingerprint density at radius 2 is 1.97 bits per heavy atom. The summed E-state index contributed by atoms with van der Waals surface area (Å²) in [6.45, 7) is 2.47. The number of hydrogen-bond acceptors (Lipinski definition) is 5. The summed E-state index contributed by atoms with van der Waals surface area (Å²) in [6, 6.07) is 7.86. The number of fused-ring (bicyclic) bond motifs is 1. The maximum Gasteiger partial charge on any atom is 0.416 e. The molecular weight excluding hydrogens is 513 g/mol. The van der Waals surface area contributed by atoms with Gasteiger partial charge in [0.25, 0.3) is 0 Å². The Bertz CT molecular complexity index is 1360. The highest BCUT2D eigenvalue weighted by atomic mass is 79.9. The molecule has 5 rings (SSSR count). The van der Waals surface area contributed by atoms with Gasteiger partial charge in [0.1, 0.15) is 17.2 Å². The van der Waals surface area contributed by atoms with Crippen LogP contribution in [0.3, 0.4) is 0 Å². The van der Waals surface area contributed by atoms with E-state index in [4.69, 9.17) is 4.74 Å². The van der Waals surface area contributed by atoms with Crippen molar-refractivity contribution >= 4 is 15.9 Å². The second-order valence-corrected chi connectivity index (χ2v) is 9.00. The number of benzene rings is 1. The molecule has 0 radical (unpaired) electrons. The number of imidazole rings is 1. The van der Waals surface area contributed by atoms with Gasteiger partial charge in [-0.15, -0.1) is 5.10 Å². The summed E-state index contributed by atoms with van der Waals surface area (Å²) >= 11 is 3.16. The summed E-state index contributed by atoms with van der Waals surface area (Å²) in [5.41, 5.74) is 1.58. The van der Waals surface area contributed by atoms with Crippen LogP contribution in [-0.2, 0) is 12.7 Å². The van der Waals surface area contributed by atoms with Gasteiger partial charge in [0.15, 0.2) is 5.82 Å².